The molecule has 0 amide bonds. The molecule has 3 aromatic rings. The molecule has 0 saturated carbocycles. The minimum atomic E-state index is -3.87. The van der Waals surface area contributed by atoms with Crippen molar-refractivity contribution in [2.45, 2.75) is 71.4 Å². The Morgan fingerprint density at radius 1 is 0.875 bits per heavy atom. The molecule has 11 nitrogen and oxygen atoms in total. The Kier molecular flexibility index (Phi) is 10.4. The van der Waals surface area contributed by atoms with Crippen LogP contribution < -0.4 is 20.7 Å². The molecule has 2 heterocycles. The molecule has 0 N–H and O–H groups in total. The Bertz CT molecular complexity index is 1590. The predicted molar refractivity (Wildman–Crippen MR) is 158 cm³/mol. The Morgan fingerprint density at radius 2 is 1.45 bits per heavy atom. The molecule has 0 atom stereocenters. The van der Waals surface area contributed by atoms with Crippen LogP contribution in [0.3, 0.4) is 0 Å². The highest BCUT2D eigenvalue weighted by atomic mass is 32.2. The normalized spacial score (nSPS) is 12.2. The van der Waals surface area contributed by atoms with Crippen LogP contribution >= 0.6 is 0 Å². The van der Waals surface area contributed by atoms with Gasteiger partial charge in [0.25, 0.3) is 5.56 Å². The lowest BCUT2D eigenvalue weighted by molar-refractivity contribution is 0.353. The number of aryl methyl sites for hydroxylation is 2. The SMILES string of the molecule is CCCN(CCC)S(=O)(=O)c1cc(OC)c(OC)cc1C=Cc1nc2c(c(=O)n(CCC)c(=O)n2CCC)n1C. The van der Waals surface area contributed by atoms with Gasteiger partial charge >= 0.3 is 5.69 Å². The van der Waals surface area contributed by atoms with Crippen molar-refractivity contribution in [3.63, 3.8) is 0 Å². The second-order valence-electron chi connectivity index (χ2n) is 9.57. The zero-order valence-electron chi connectivity index (χ0n) is 24.6. The van der Waals surface area contributed by atoms with Crippen LogP contribution in [0.15, 0.2) is 26.6 Å². The highest BCUT2D eigenvalue weighted by Crippen LogP contribution is 2.35. The summed E-state index contributed by atoms with van der Waals surface area (Å²) in [6.45, 7) is 9.24. The maximum atomic E-state index is 13.8. The maximum absolute atomic E-state index is 13.8. The number of ether oxygens (including phenoxy) is 2. The molecule has 0 aliphatic carbocycles. The zero-order chi connectivity index (χ0) is 29.6. The molecule has 0 unspecified atom stereocenters. The van der Waals surface area contributed by atoms with Gasteiger partial charge in [0.1, 0.15) is 5.82 Å². The van der Waals surface area contributed by atoms with Gasteiger partial charge in [-0.25, -0.2) is 18.2 Å². The monoisotopic (exact) mass is 575 g/mol. The van der Waals surface area contributed by atoms with Gasteiger partial charge in [0.2, 0.25) is 10.0 Å². The lowest BCUT2D eigenvalue weighted by Gasteiger charge is -2.23. The molecule has 3 rings (SSSR count). The molecular formula is C28H41N5O6S. The van der Waals surface area contributed by atoms with Crippen molar-refractivity contribution in [1.82, 2.24) is 23.0 Å². The van der Waals surface area contributed by atoms with Gasteiger partial charge in [0.15, 0.2) is 22.7 Å². The van der Waals surface area contributed by atoms with Crippen molar-refractivity contribution in [2.75, 3.05) is 27.3 Å². The smallest absolute Gasteiger partial charge is 0.332 e. The van der Waals surface area contributed by atoms with E-state index in [4.69, 9.17) is 9.47 Å². The van der Waals surface area contributed by atoms with Crippen LogP contribution in [0.5, 0.6) is 11.5 Å². The van der Waals surface area contributed by atoms with Crippen molar-refractivity contribution in [2.24, 2.45) is 7.05 Å². The van der Waals surface area contributed by atoms with Gasteiger partial charge in [-0.05, 0) is 49.5 Å². The second-order valence-corrected chi connectivity index (χ2v) is 11.5. The van der Waals surface area contributed by atoms with Crippen molar-refractivity contribution < 1.29 is 17.9 Å². The molecule has 0 spiro atoms. The summed E-state index contributed by atoms with van der Waals surface area (Å²) in [7, 11) is 0.786. The third kappa shape index (κ3) is 5.87. The summed E-state index contributed by atoms with van der Waals surface area (Å²) in [6, 6.07) is 3.09. The standard InChI is InChI=1S/C28H41N5O6S/c1-8-14-31(15-9-2)40(36,37)23-19-22(39-7)21(38-6)18-20(23)12-13-24-29-26-25(30(24)5)27(34)33(17-11-4)28(35)32(26)16-10-3/h12-13,18-19H,8-11,14-17H2,1-7H3. The Labute approximate surface area is 235 Å². The van der Waals surface area contributed by atoms with Gasteiger partial charge in [-0.1, -0.05) is 27.7 Å². The fourth-order valence-electron chi connectivity index (χ4n) is 4.76. The first-order chi connectivity index (χ1) is 19.1. The second kappa shape index (κ2) is 13.3. The van der Waals surface area contributed by atoms with E-state index in [1.807, 2.05) is 27.7 Å². The number of rotatable bonds is 14. The fourth-order valence-corrected chi connectivity index (χ4v) is 6.56. The molecule has 0 aliphatic rings. The van der Waals surface area contributed by atoms with E-state index in [0.717, 1.165) is 0 Å². The lowest BCUT2D eigenvalue weighted by atomic mass is 10.2. The number of sulfonamides is 1. The van der Waals surface area contributed by atoms with Crippen molar-refractivity contribution in [1.29, 1.82) is 0 Å². The van der Waals surface area contributed by atoms with Crippen LogP contribution in [0.2, 0.25) is 0 Å². The summed E-state index contributed by atoms with van der Waals surface area (Å²) in [4.78, 5) is 31.1. The molecule has 0 saturated heterocycles. The number of hydrogen-bond donors (Lipinski definition) is 0. The maximum Gasteiger partial charge on any atom is 0.332 e. The van der Waals surface area contributed by atoms with E-state index in [9.17, 15) is 18.0 Å². The fraction of sp³-hybridized carbons (Fsp3) is 0.536. The average molecular weight is 576 g/mol. The first-order valence-corrected chi connectivity index (χ1v) is 15.2. The number of fused-ring (bicyclic) bond motifs is 1. The van der Waals surface area contributed by atoms with E-state index in [2.05, 4.69) is 4.98 Å². The number of benzene rings is 1. The van der Waals surface area contributed by atoms with Crippen LogP contribution in [0.4, 0.5) is 0 Å². The van der Waals surface area contributed by atoms with Gasteiger partial charge in [0, 0.05) is 39.3 Å². The summed E-state index contributed by atoms with van der Waals surface area (Å²) < 4.78 is 44.4. The molecule has 12 heteroatoms. The molecular weight excluding hydrogens is 534 g/mol. The minimum absolute atomic E-state index is 0.0789. The van der Waals surface area contributed by atoms with Gasteiger partial charge in [-0.3, -0.25) is 13.9 Å². The minimum Gasteiger partial charge on any atom is -0.493 e. The van der Waals surface area contributed by atoms with Gasteiger partial charge in [-0.2, -0.15) is 4.31 Å². The Hall–Kier alpha value is -3.38. The Morgan fingerprint density at radius 3 is 2.00 bits per heavy atom. The van der Waals surface area contributed by atoms with Gasteiger partial charge < -0.3 is 14.0 Å². The van der Waals surface area contributed by atoms with Crippen molar-refractivity contribution in [3.05, 3.63) is 44.4 Å². The average Bonchev–Trinajstić information content (AvgIpc) is 3.27. The zero-order valence-corrected chi connectivity index (χ0v) is 25.4. The number of imidazole rings is 1. The van der Waals surface area contributed by atoms with Crippen LogP contribution in [0, 0.1) is 0 Å². The van der Waals surface area contributed by atoms with Gasteiger partial charge in [-0.15, -0.1) is 0 Å². The number of hydrogen-bond acceptors (Lipinski definition) is 7. The molecule has 1 aromatic carbocycles. The van der Waals surface area contributed by atoms with E-state index >= 15 is 0 Å². The first-order valence-electron chi connectivity index (χ1n) is 13.7. The molecule has 0 fully saturated rings. The van der Waals surface area contributed by atoms with Crippen LogP contribution in [0.25, 0.3) is 23.3 Å². The topological polar surface area (TPSA) is 118 Å². The summed E-state index contributed by atoms with van der Waals surface area (Å²) in [5.41, 5.74) is 0.237. The summed E-state index contributed by atoms with van der Waals surface area (Å²) in [6.07, 6.45) is 5.97. The number of methoxy groups -OCH3 is 2. The van der Waals surface area contributed by atoms with Crippen LogP contribution in [-0.4, -0.2) is 58.7 Å². The molecule has 2 aromatic heterocycles. The Balaban J connectivity index is 2.27. The lowest BCUT2D eigenvalue weighted by Crippen LogP contribution is -2.40. The van der Waals surface area contributed by atoms with E-state index in [1.165, 1.54) is 33.7 Å². The first kappa shape index (κ1) is 31.2. The molecule has 220 valence electrons. The highest BCUT2D eigenvalue weighted by molar-refractivity contribution is 7.89. The quantitative estimate of drug-likeness (QED) is 0.288. The van der Waals surface area contributed by atoms with E-state index in [-0.39, 0.29) is 10.6 Å². The molecule has 40 heavy (non-hydrogen) atoms. The van der Waals surface area contributed by atoms with Crippen LogP contribution in [0.1, 0.15) is 64.8 Å². The molecule has 0 radical (unpaired) electrons. The molecule has 0 aliphatic heterocycles. The van der Waals surface area contributed by atoms with Crippen molar-refractivity contribution in [3.8, 4) is 11.5 Å². The highest BCUT2D eigenvalue weighted by Gasteiger charge is 2.27. The van der Waals surface area contributed by atoms with Gasteiger partial charge in [0.05, 0.1) is 19.1 Å². The third-order valence-corrected chi connectivity index (χ3v) is 8.62. The largest absolute Gasteiger partial charge is 0.493 e. The third-order valence-electron chi connectivity index (χ3n) is 6.66. The summed E-state index contributed by atoms with van der Waals surface area (Å²) >= 11 is 0. The number of aromatic nitrogens is 4. The van der Waals surface area contributed by atoms with E-state index in [0.29, 0.717) is 85.9 Å². The summed E-state index contributed by atoms with van der Waals surface area (Å²) in [5.74, 6) is 1.08. The predicted octanol–water partition coefficient (Wildman–Crippen LogP) is 3.72. The summed E-state index contributed by atoms with van der Waals surface area (Å²) in [5, 5.41) is 0. The van der Waals surface area contributed by atoms with E-state index < -0.39 is 15.6 Å². The van der Waals surface area contributed by atoms with Crippen molar-refractivity contribution >= 4 is 33.3 Å². The molecule has 0 bridgehead atoms. The van der Waals surface area contributed by atoms with E-state index in [1.54, 1.807) is 29.8 Å². The van der Waals surface area contributed by atoms with Crippen LogP contribution in [-0.2, 0) is 30.2 Å². The number of nitrogens with zero attached hydrogens (tertiary/aromatic N) is 5.